The smallest absolute Gasteiger partial charge is 0.138 e. The summed E-state index contributed by atoms with van der Waals surface area (Å²) in [7, 11) is 1.92. The second kappa shape index (κ2) is 7.44. The number of ketones is 1. The molecule has 5 aliphatic carbocycles. The van der Waals surface area contributed by atoms with Gasteiger partial charge in [0.1, 0.15) is 5.78 Å². The third kappa shape index (κ3) is 3.17. The predicted molar refractivity (Wildman–Crippen MR) is 136 cm³/mol. The highest BCUT2D eigenvalue weighted by Crippen LogP contribution is 2.70. The number of hydrogen-bond acceptors (Lipinski definition) is 2. The molecule has 8 atom stereocenters. The summed E-state index contributed by atoms with van der Waals surface area (Å²) in [4.78, 5) is 12.9. The molecule has 0 aromatic heterocycles. The highest BCUT2D eigenvalue weighted by Gasteiger charge is 2.63. The number of Topliss-reactive ketones (excluding diaryl/α,β-unsaturated/α-hetero) is 1. The molecule has 0 radical (unpaired) electrons. The average Bonchev–Trinajstić information content (AvgIpc) is 2.88. The standard InChI is InChI=1S/C31H50O2/c1-27(2)23-13-16-29(5)19-20-9-11-22-28(3,4)26(33-8)15-18-30(22,6)21(20)10-12-24(29)31(23,7)17-14-25(27)32/h9,21-24,26H,10-19H2,1-8H3/t21-,22-,23-,24-,26-,29-,30+,31-/m0/s1. The van der Waals surface area contributed by atoms with E-state index in [1.165, 1.54) is 51.4 Å². The molecule has 2 nitrogen and oxygen atoms in total. The number of rotatable bonds is 1. The molecule has 0 amide bonds. The van der Waals surface area contributed by atoms with Gasteiger partial charge in [-0.15, -0.1) is 0 Å². The fraction of sp³-hybridized carbons (Fsp3) is 0.903. The van der Waals surface area contributed by atoms with E-state index >= 15 is 0 Å². The van der Waals surface area contributed by atoms with Gasteiger partial charge in [0.15, 0.2) is 0 Å². The lowest BCUT2D eigenvalue weighted by atomic mass is 9.42. The zero-order chi connectivity index (χ0) is 24.0. The lowest BCUT2D eigenvalue weighted by Gasteiger charge is -2.62. The molecule has 186 valence electrons. The Hall–Kier alpha value is -0.630. The maximum Gasteiger partial charge on any atom is 0.138 e. The van der Waals surface area contributed by atoms with Gasteiger partial charge < -0.3 is 4.74 Å². The SMILES string of the molecule is CO[C@H]1CC[C@]2(C)[C@H]3CC[C@H]4[C@@](C)(CC[C@H]5C(C)(C)C(=O)CC[C@@]54C)CC3=CC[C@H]2C1(C)C. The van der Waals surface area contributed by atoms with Gasteiger partial charge in [-0.2, -0.15) is 0 Å². The van der Waals surface area contributed by atoms with Gasteiger partial charge in [-0.3, -0.25) is 4.79 Å². The molecule has 0 aliphatic heterocycles. The Labute approximate surface area is 203 Å². The Kier molecular flexibility index (Phi) is 5.43. The van der Waals surface area contributed by atoms with E-state index in [2.05, 4.69) is 54.5 Å². The third-order valence-corrected chi connectivity index (χ3v) is 12.9. The maximum absolute atomic E-state index is 12.9. The molecule has 33 heavy (non-hydrogen) atoms. The van der Waals surface area contributed by atoms with Crippen LogP contribution in [0, 0.1) is 50.7 Å². The predicted octanol–water partition coefficient (Wildman–Crippen LogP) is 8.00. The van der Waals surface area contributed by atoms with Crippen molar-refractivity contribution in [3.8, 4) is 0 Å². The molecule has 0 heterocycles. The zero-order valence-corrected chi connectivity index (χ0v) is 22.9. The van der Waals surface area contributed by atoms with Crippen LogP contribution in [-0.2, 0) is 9.53 Å². The molecule has 5 rings (SSSR count). The van der Waals surface area contributed by atoms with E-state index in [1.807, 2.05) is 7.11 Å². The van der Waals surface area contributed by atoms with Crippen molar-refractivity contribution >= 4 is 5.78 Å². The van der Waals surface area contributed by atoms with Crippen LogP contribution >= 0.6 is 0 Å². The van der Waals surface area contributed by atoms with Crippen LogP contribution in [0.1, 0.15) is 113 Å². The summed E-state index contributed by atoms with van der Waals surface area (Å²) in [5.74, 6) is 3.26. The van der Waals surface area contributed by atoms with E-state index in [0.717, 1.165) is 24.7 Å². The van der Waals surface area contributed by atoms with Crippen molar-refractivity contribution in [1.29, 1.82) is 0 Å². The number of hydrogen-bond donors (Lipinski definition) is 0. The molecule has 5 aliphatic rings. The number of allylic oxidation sites excluding steroid dienone is 2. The van der Waals surface area contributed by atoms with Crippen molar-refractivity contribution in [2.24, 2.45) is 50.7 Å². The van der Waals surface area contributed by atoms with Crippen molar-refractivity contribution in [1.82, 2.24) is 0 Å². The highest BCUT2D eigenvalue weighted by molar-refractivity contribution is 5.85. The van der Waals surface area contributed by atoms with Gasteiger partial charge in [-0.05, 0) is 103 Å². The summed E-state index contributed by atoms with van der Waals surface area (Å²) in [5, 5.41) is 0. The van der Waals surface area contributed by atoms with Gasteiger partial charge in [-0.25, -0.2) is 0 Å². The van der Waals surface area contributed by atoms with Crippen LogP contribution in [0.25, 0.3) is 0 Å². The first-order chi connectivity index (χ1) is 15.3. The van der Waals surface area contributed by atoms with Crippen molar-refractivity contribution in [2.45, 2.75) is 119 Å². The van der Waals surface area contributed by atoms with Gasteiger partial charge in [0, 0.05) is 18.9 Å². The number of carbonyl (C=O) groups excluding carboxylic acids is 1. The van der Waals surface area contributed by atoms with Crippen LogP contribution in [0.5, 0.6) is 0 Å². The summed E-state index contributed by atoms with van der Waals surface area (Å²) in [6.07, 6.45) is 15.3. The van der Waals surface area contributed by atoms with E-state index in [9.17, 15) is 4.79 Å². The lowest BCUT2D eigenvalue weighted by molar-refractivity contribution is -0.159. The Morgan fingerprint density at radius 2 is 1.55 bits per heavy atom. The van der Waals surface area contributed by atoms with Gasteiger partial charge in [-0.1, -0.05) is 60.1 Å². The van der Waals surface area contributed by atoms with E-state index in [1.54, 1.807) is 5.57 Å². The van der Waals surface area contributed by atoms with Crippen molar-refractivity contribution in [2.75, 3.05) is 7.11 Å². The highest BCUT2D eigenvalue weighted by atomic mass is 16.5. The van der Waals surface area contributed by atoms with E-state index < -0.39 is 0 Å². The minimum absolute atomic E-state index is 0.147. The zero-order valence-electron chi connectivity index (χ0n) is 22.9. The number of methoxy groups -OCH3 is 1. The molecule has 0 spiro atoms. The Bertz CT molecular complexity index is 851. The molecule has 0 aromatic rings. The Morgan fingerprint density at radius 3 is 2.24 bits per heavy atom. The van der Waals surface area contributed by atoms with Crippen LogP contribution < -0.4 is 0 Å². The van der Waals surface area contributed by atoms with E-state index in [4.69, 9.17) is 4.74 Å². The molecule has 2 heteroatoms. The number of ether oxygens (including phenoxy) is 1. The largest absolute Gasteiger partial charge is 0.381 e. The molecular formula is C31H50O2. The molecule has 0 bridgehead atoms. The van der Waals surface area contributed by atoms with Crippen molar-refractivity contribution < 1.29 is 9.53 Å². The van der Waals surface area contributed by atoms with Gasteiger partial charge >= 0.3 is 0 Å². The maximum atomic E-state index is 12.9. The Balaban J connectivity index is 1.50. The van der Waals surface area contributed by atoms with Crippen LogP contribution in [-0.4, -0.2) is 19.0 Å². The molecule has 0 saturated heterocycles. The summed E-state index contributed by atoms with van der Waals surface area (Å²) in [6, 6.07) is 0. The fourth-order valence-electron chi connectivity index (χ4n) is 11.2. The minimum atomic E-state index is -0.147. The van der Waals surface area contributed by atoms with E-state index in [-0.39, 0.29) is 10.8 Å². The average molecular weight is 455 g/mol. The first kappa shape index (κ1) is 24.1. The normalized spacial score (nSPS) is 50.7. The van der Waals surface area contributed by atoms with Gasteiger partial charge in [0.05, 0.1) is 6.10 Å². The van der Waals surface area contributed by atoms with Crippen LogP contribution in [0.15, 0.2) is 11.6 Å². The lowest BCUT2D eigenvalue weighted by Crippen LogP contribution is -2.57. The molecule has 4 fully saturated rings. The summed E-state index contributed by atoms with van der Waals surface area (Å²) < 4.78 is 6.01. The molecule has 4 saturated carbocycles. The summed E-state index contributed by atoms with van der Waals surface area (Å²) in [5.41, 5.74) is 2.99. The van der Waals surface area contributed by atoms with Gasteiger partial charge in [0.2, 0.25) is 0 Å². The molecule has 0 unspecified atom stereocenters. The van der Waals surface area contributed by atoms with Gasteiger partial charge in [0.25, 0.3) is 0 Å². The van der Waals surface area contributed by atoms with Crippen LogP contribution in [0.2, 0.25) is 0 Å². The minimum Gasteiger partial charge on any atom is -0.381 e. The fourth-order valence-corrected chi connectivity index (χ4v) is 11.2. The molecular weight excluding hydrogens is 404 g/mol. The second-order valence-electron chi connectivity index (χ2n) is 14.9. The van der Waals surface area contributed by atoms with E-state index in [0.29, 0.717) is 40.0 Å². The quantitative estimate of drug-likeness (QED) is 0.375. The Morgan fingerprint density at radius 1 is 0.818 bits per heavy atom. The van der Waals surface area contributed by atoms with Crippen molar-refractivity contribution in [3.63, 3.8) is 0 Å². The topological polar surface area (TPSA) is 26.3 Å². The number of carbonyl (C=O) groups is 1. The monoisotopic (exact) mass is 454 g/mol. The summed E-state index contributed by atoms with van der Waals surface area (Å²) in [6.45, 7) is 17.4. The van der Waals surface area contributed by atoms with Crippen LogP contribution in [0.4, 0.5) is 0 Å². The molecule has 0 N–H and O–H groups in total. The molecule has 0 aromatic carbocycles. The first-order valence-electron chi connectivity index (χ1n) is 14.1. The third-order valence-electron chi connectivity index (χ3n) is 12.9. The number of fused-ring (bicyclic) bond motifs is 6. The van der Waals surface area contributed by atoms with Crippen LogP contribution in [0.3, 0.4) is 0 Å². The van der Waals surface area contributed by atoms with Crippen molar-refractivity contribution in [3.05, 3.63) is 11.6 Å². The first-order valence-corrected chi connectivity index (χ1v) is 14.1. The second-order valence-corrected chi connectivity index (χ2v) is 14.9. The summed E-state index contributed by atoms with van der Waals surface area (Å²) >= 11 is 0.